The summed E-state index contributed by atoms with van der Waals surface area (Å²) < 4.78 is 0.315. The van der Waals surface area contributed by atoms with Crippen LogP contribution in [0.5, 0.6) is 0 Å². The molecule has 0 heterocycles. The molecule has 15 heavy (non-hydrogen) atoms. The van der Waals surface area contributed by atoms with Crippen LogP contribution in [0.25, 0.3) is 0 Å². The maximum Gasteiger partial charge on any atom is 0.177 e. The van der Waals surface area contributed by atoms with Gasteiger partial charge in [0.15, 0.2) is 11.4 Å². The summed E-state index contributed by atoms with van der Waals surface area (Å²) in [5.41, 5.74) is -1.81. The van der Waals surface area contributed by atoms with Gasteiger partial charge in [0, 0.05) is 18.8 Å². The second-order valence-corrected chi connectivity index (χ2v) is 4.81. The standard InChI is InChI=1S/C10H19NO4/c1-5-8(12)10(15,6-9(13)14)7-11(2,3)4/h15H,5-7H2,1-4H3. The predicted octanol–water partition coefficient (Wildman–Crippen LogP) is -1.46. The van der Waals surface area contributed by atoms with Crippen molar-refractivity contribution >= 4 is 11.8 Å². The van der Waals surface area contributed by atoms with E-state index in [9.17, 15) is 19.8 Å². The van der Waals surface area contributed by atoms with Gasteiger partial charge in [0.05, 0.1) is 21.1 Å². The van der Waals surface area contributed by atoms with Crippen LogP contribution in [0.3, 0.4) is 0 Å². The normalized spacial score (nSPS) is 15.8. The Balaban J connectivity index is 4.86. The molecule has 0 fully saturated rings. The molecule has 0 amide bonds. The summed E-state index contributed by atoms with van der Waals surface area (Å²) in [6.45, 7) is 1.66. The Kier molecular flexibility index (Phi) is 4.42. The number of carboxylic acid groups (broad SMARTS) is 1. The van der Waals surface area contributed by atoms with Crippen LogP contribution in [0, 0.1) is 0 Å². The van der Waals surface area contributed by atoms with E-state index >= 15 is 0 Å². The van der Waals surface area contributed by atoms with Crippen LogP contribution in [-0.4, -0.2) is 54.6 Å². The lowest BCUT2D eigenvalue weighted by Crippen LogP contribution is -2.55. The van der Waals surface area contributed by atoms with Crippen LogP contribution in [0.2, 0.25) is 0 Å². The van der Waals surface area contributed by atoms with Crippen LogP contribution in [0.1, 0.15) is 19.8 Å². The predicted molar refractivity (Wildman–Crippen MR) is 52.8 cm³/mol. The van der Waals surface area contributed by atoms with Crippen molar-refractivity contribution in [3.63, 3.8) is 0 Å². The minimum Gasteiger partial charge on any atom is -0.550 e. The monoisotopic (exact) mass is 217 g/mol. The Morgan fingerprint density at radius 1 is 1.33 bits per heavy atom. The third-order valence-electron chi connectivity index (χ3n) is 2.01. The van der Waals surface area contributed by atoms with Gasteiger partial charge in [-0.1, -0.05) is 6.92 Å². The molecule has 5 heteroatoms. The number of likely N-dealkylation sites (N-methyl/N-ethyl adjacent to an activating group) is 1. The number of carboxylic acids is 1. The zero-order valence-corrected chi connectivity index (χ0v) is 9.74. The lowest BCUT2D eigenvalue weighted by molar-refractivity contribution is -0.875. The van der Waals surface area contributed by atoms with Crippen molar-refractivity contribution in [3.05, 3.63) is 0 Å². The molecule has 0 aromatic rings. The Bertz CT molecular complexity index is 257. The van der Waals surface area contributed by atoms with Crippen LogP contribution >= 0.6 is 0 Å². The number of hydrogen-bond donors (Lipinski definition) is 1. The molecular formula is C10H19NO4. The Labute approximate surface area is 89.9 Å². The van der Waals surface area contributed by atoms with Gasteiger partial charge in [-0.05, 0) is 0 Å². The number of quaternary nitrogens is 1. The number of aliphatic carboxylic acids is 1. The van der Waals surface area contributed by atoms with Gasteiger partial charge < -0.3 is 19.5 Å². The third-order valence-corrected chi connectivity index (χ3v) is 2.01. The van der Waals surface area contributed by atoms with Crippen molar-refractivity contribution in [2.45, 2.75) is 25.4 Å². The van der Waals surface area contributed by atoms with E-state index in [-0.39, 0.29) is 13.0 Å². The molecule has 0 aliphatic carbocycles. The van der Waals surface area contributed by atoms with Crippen molar-refractivity contribution in [2.24, 2.45) is 0 Å². The van der Waals surface area contributed by atoms with Crippen molar-refractivity contribution in [3.8, 4) is 0 Å². The lowest BCUT2D eigenvalue weighted by Gasteiger charge is -2.34. The number of aliphatic hydroxyl groups is 1. The van der Waals surface area contributed by atoms with Gasteiger partial charge in [-0.3, -0.25) is 4.79 Å². The Morgan fingerprint density at radius 2 is 1.80 bits per heavy atom. The molecule has 1 atom stereocenters. The molecule has 0 saturated carbocycles. The average Bonchev–Trinajstić information content (AvgIpc) is 1.97. The average molecular weight is 217 g/mol. The molecule has 0 aliphatic rings. The zero-order valence-electron chi connectivity index (χ0n) is 9.74. The quantitative estimate of drug-likeness (QED) is 0.552. The number of hydrogen-bond acceptors (Lipinski definition) is 4. The van der Waals surface area contributed by atoms with Crippen molar-refractivity contribution in [2.75, 3.05) is 27.7 Å². The summed E-state index contributed by atoms with van der Waals surface area (Å²) in [4.78, 5) is 22.0. The van der Waals surface area contributed by atoms with Crippen LogP contribution in [0.15, 0.2) is 0 Å². The first-order chi connectivity index (χ1) is 6.60. The smallest absolute Gasteiger partial charge is 0.177 e. The molecule has 88 valence electrons. The molecule has 5 nitrogen and oxygen atoms in total. The van der Waals surface area contributed by atoms with Gasteiger partial charge in [0.2, 0.25) is 0 Å². The summed E-state index contributed by atoms with van der Waals surface area (Å²) in [5.74, 6) is -1.87. The van der Waals surface area contributed by atoms with E-state index in [1.165, 1.54) is 0 Å². The number of Topliss-reactive ketones (excluding diaryl/α,β-unsaturated/α-hetero) is 1. The maximum absolute atomic E-state index is 11.5. The third kappa shape index (κ3) is 4.90. The van der Waals surface area contributed by atoms with Gasteiger partial charge in [-0.25, -0.2) is 0 Å². The van der Waals surface area contributed by atoms with Crippen molar-refractivity contribution < 1.29 is 24.3 Å². The van der Waals surface area contributed by atoms with E-state index in [1.54, 1.807) is 28.1 Å². The summed E-state index contributed by atoms with van der Waals surface area (Å²) in [5, 5.41) is 20.5. The van der Waals surface area contributed by atoms with Gasteiger partial charge in [-0.2, -0.15) is 0 Å². The fourth-order valence-electron chi connectivity index (χ4n) is 1.60. The second-order valence-electron chi connectivity index (χ2n) is 4.81. The van der Waals surface area contributed by atoms with Gasteiger partial charge in [-0.15, -0.1) is 0 Å². The number of nitrogens with zero attached hydrogens (tertiary/aromatic N) is 1. The van der Waals surface area contributed by atoms with E-state index < -0.39 is 23.8 Å². The van der Waals surface area contributed by atoms with Gasteiger partial charge in [0.25, 0.3) is 0 Å². The number of rotatable bonds is 6. The lowest BCUT2D eigenvalue weighted by atomic mass is 9.91. The molecule has 0 spiro atoms. The molecule has 0 aliphatic heterocycles. The largest absolute Gasteiger partial charge is 0.550 e. The van der Waals surface area contributed by atoms with Gasteiger partial charge in [0.1, 0.15) is 6.54 Å². The highest BCUT2D eigenvalue weighted by atomic mass is 16.4. The fraction of sp³-hybridized carbons (Fsp3) is 0.800. The first-order valence-corrected chi connectivity index (χ1v) is 4.87. The van der Waals surface area contributed by atoms with E-state index in [0.717, 1.165) is 0 Å². The topological polar surface area (TPSA) is 77.4 Å². The highest BCUT2D eigenvalue weighted by Gasteiger charge is 2.39. The molecular weight excluding hydrogens is 198 g/mol. The molecule has 0 saturated heterocycles. The zero-order chi connectivity index (χ0) is 12.3. The Hall–Kier alpha value is -0.940. The first-order valence-electron chi connectivity index (χ1n) is 4.87. The minimum atomic E-state index is -1.81. The van der Waals surface area contributed by atoms with E-state index in [0.29, 0.717) is 4.48 Å². The number of carbonyl (C=O) groups excluding carboxylic acids is 2. The number of carbonyl (C=O) groups is 2. The van der Waals surface area contributed by atoms with Crippen LogP contribution in [0.4, 0.5) is 0 Å². The van der Waals surface area contributed by atoms with E-state index in [4.69, 9.17) is 0 Å². The second kappa shape index (κ2) is 4.72. The minimum absolute atomic E-state index is 0.0631. The molecule has 1 unspecified atom stereocenters. The maximum atomic E-state index is 11.5. The highest BCUT2D eigenvalue weighted by Crippen LogP contribution is 2.17. The first kappa shape index (κ1) is 14.1. The SMILES string of the molecule is CCC(=O)C(O)(CC(=O)[O-])C[N+](C)(C)C. The molecule has 0 aromatic heterocycles. The van der Waals surface area contributed by atoms with Crippen LogP contribution < -0.4 is 5.11 Å². The fourth-order valence-corrected chi connectivity index (χ4v) is 1.60. The molecule has 0 radical (unpaired) electrons. The van der Waals surface area contributed by atoms with E-state index in [2.05, 4.69) is 0 Å². The summed E-state index contributed by atoms with van der Waals surface area (Å²) >= 11 is 0. The summed E-state index contributed by atoms with van der Waals surface area (Å²) in [6.07, 6.45) is -0.529. The van der Waals surface area contributed by atoms with Gasteiger partial charge >= 0.3 is 0 Å². The molecule has 0 bridgehead atoms. The number of ketones is 1. The van der Waals surface area contributed by atoms with E-state index in [1.807, 2.05) is 0 Å². The molecule has 0 aromatic carbocycles. The summed E-state index contributed by atoms with van der Waals surface area (Å²) in [6, 6.07) is 0. The molecule has 1 N–H and O–H groups in total. The van der Waals surface area contributed by atoms with Crippen LogP contribution in [-0.2, 0) is 9.59 Å². The van der Waals surface area contributed by atoms with Crippen molar-refractivity contribution in [1.29, 1.82) is 0 Å². The Morgan fingerprint density at radius 3 is 2.07 bits per heavy atom. The molecule has 0 rings (SSSR count). The van der Waals surface area contributed by atoms with Crippen molar-refractivity contribution in [1.82, 2.24) is 0 Å². The highest BCUT2D eigenvalue weighted by molar-refractivity contribution is 5.90. The summed E-state index contributed by atoms with van der Waals surface area (Å²) in [7, 11) is 5.34.